The molecule has 0 aromatic heterocycles. The van der Waals surface area contributed by atoms with Crippen LogP contribution in [0.5, 0.6) is 5.75 Å². The molecule has 132 valence electrons. The van der Waals surface area contributed by atoms with E-state index in [1.807, 2.05) is 42.5 Å². The number of carbonyl (C=O) groups excluding carboxylic acids is 1. The second-order valence-corrected chi connectivity index (χ2v) is 6.34. The Morgan fingerprint density at radius 2 is 1.69 bits per heavy atom. The normalized spacial score (nSPS) is 14.4. The summed E-state index contributed by atoms with van der Waals surface area (Å²) in [6.45, 7) is 2.51. The average molecular weight is 347 g/mol. The molecule has 0 aliphatic carbocycles. The number of carbonyl (C=O) groups is 1. The van der Waals surface area contributed by atoms with E-state index < -0.39 is 0 Å². The Balaban J connectivity index is 1.60. The van der Waals surface area contributed by atoms with E-state index in [4.69, 9.17) is 9.47 Å². The number of morpholine rings is 1. The summed E-state index contributed by atoms with van der Waals surface area (Å²) in [7, 11) is 0. The summed E-state index contributed by atoms with van der Waals surface area (Å²) in [5.74, 6) is 0.715. The smallest absolute Gasteiger partial charge is 0.260 e. The molecule has 0 radical (unpaired) electrons. The van der Waals surface area contributed by atoms with Crippen LogP contribution in [0.3, 0.4) is 0 Å². The first-order valence-corrected chi connectivity index (χ1v) is 8.88. The van der Waals surface area contributed by atoms with E-state index in [1.165, 1.54) is 5.39 Å². The molecule has 1 aliphatic heterocycles. The number of benzene rings is 3. The lowest BCUT2D eigenvalue weighted by Gasteiger charge is -2.26. The van der Waals surface area contributed by atoms with Crippen LogP contribution < -0.4 is 4.74 Å². The third kappa shape index (κ3) is 3.55. The molecule has 0 atom stereocenters. The lowest BCUT2D eigenvalue weighted by atomic mass is 9.98. The molecule has 4 rings (SSSR count). The minimum atomic E-state index is 0.00252. The number of rotatable bonds is 4. The SMILES string of the molecule is O=C(COc1cc(-c2ccccc2)c2ccccc2c1)N1CCOCC1. The maximum Gasteiger partial charge on any atom is 0.260 e. The Hall–Kier alpha value is -2.85. The van der Waals surface area contributed by atoms with Gasteiger partial charge in [-0.2, -0.15) is 0 Å². The van der Waals surface area contributed by atoms with Crippen LogP contribution in [0.2, 0.25) is 0 Å². The monoisotopic (exact) mass is 347 g/mol. The third-order valence-electron chi connectivity index (χ3n) is 4.65. The van der Waals surface area contributed by atoms with E-state index in [1.54, 1.807) is 4.90 Å². The largest absolute Gasteiger partial charge is 0.484 e. The van der Waals surface area contributed by atoms with E-state index in [9.17, 15) is 4.79 Å². The maximum absolute atomic E-state index is 12.3. The molecule has 0 saturated carbocycles. The molecular formula is C22H21NO3. The van der Waals surface area contributed by atoms with Crippen LogP contribution in [-0.4, -0.2) is 43.7 Å². The van der Waals surface area contributed by atoms with E-state index >= 15 is 0 Å². The number of amides is 1. The van der Waals surface area contributed by atoms with Crippen LogP contribution in [0, 0.1) is 0 Å². The van der Waals surface area contributed by atoms with Gasteiger partial charge >= 0.3 is 0 Å². The lowest BCUT2D eigenvalue weighted by Crippen LogP contribution is -2.42. The van der Waals surface area contributed by atoms with Gasteiger partial charge in [0.1, 0.15) is 5.75 Å². The van der Waals surface area contributed by atoms with E-state index in [0.29, 0.717) is 32.1 Å². The predicted octanol–water partition coefficient (Wildman–Crippen LogP) is 3.74. The molecule has 1 aliphatic rings. The van der Waals surface area contributed by atoms with Crippen LogP contribution in [0.15, 0.2) is 66.7 Å². The second kappa shape index (κ2) is 7.58. The number of ether oxygens (including phenoxy) is 2. The second-order valence-electron chi connectivity index (χ2n) is 6.34. The van der Waals surface area contributed by atoms with E-state index in [-0.39, 0.29) is 12.5 Å². The number of hydrogen-bond donors (Lipinski definition) is 0. The van der Waals surface area contributed by atoms with Crippen molar-refractivity contribution in [1.29, 1.82) is 0 Å². The fourth-order valence-corrected chi connectivity index (χ4v) is 3.27. The number of fused-ring (bicyclic) bond motifs is 1. The molecular weight excluding hydrogens is 326 g/mol. The first-order valence-electron chi connectivity index (χ1n) is 8.88. The Kier molecular flexibility index (Phi) is 4.84. The molecule has 3 aromatic rings. The van der Waals surface area contributed by atoms with Crippen molar-refractivity contribution in [2.45, 2.75) is 0 Å². The summed E-state index contributed by atoms with van der Waals surface area (Å²) in [6, 6.07) is 22.5. The van der Waals surface area contributed by atoms with Crippen molar-refractivity contribution in [3.05, 3.63) is 66.7 Å². The van der Waals surface area contributed by atoms with Gasteiger partial charge in [-0.05, 0) is 34.0 Å². The predicted molar refractivity (Wildman–Crippen MR) is 102 cm³/mol. The summed E-state index contributed by atoms with van der Waals surface area (Å²) in [5.41, 5.74) is 2.24. The summed E-state index contributed by atoms with van der Waals surface area (Å²) in [6.07, 6.45) is 0. The average Bonchev–Trinajstić information content (AvgIpc) is 2.72. The van der Waals surface area contributed by atoms with Crippen molar-refractivity contribution in [1.82, 2.24) is 4.90 Å². The first-order chi connectivity index (χ1) is 12.8. The van der Waals surface area contributed by atoms with E-state index in [2.05, 4.69) is 24.3 Å². The van der Waals surface area contributed by atoms with Gasteiger partial charge < -0.3 is 14.4 Å². The van der Waals surface area contributed by atoms with Gasteiger partial charge in [0, 0.05) is 13.1 Å². The molecule has 3 aromatic carbocycles. The summed E-state index contributed by atoms with van der Waals surface area (Å²) < 4.78 is 11.2. The van der Waals surface area contributed by atoms with Gasteiger partial charge in [0.25, 0.3) is 5.91 Å². The van der Waals surface area contributed by atoms with Crippen molar-refractivity contribution in [2.75, 3.05) is 32.9 Å². The topological polar surface area (TPSA) is 38.8 Å². The quantitative estimate of drug-likeness (QED) is 0.722. The van der Waals surface area contributed by atoms with Crippen molar-refractivity contribution in [3.8, 4) is 16.9 Å². The van der Waals surface area contributed by atoms with Gasteiger partial charge in [-0.15, -0.1) is 0 Å². The molecule has 0 unspecified atom stereocenters. The minimum absolute atomic E-state index is 0.00252. The van der Waals surface area contributed by atoms with Gasteiger partial charge in [-0.1, -0.05) is 54.6 Å². The Morgan fingerprint density at radius 3 is 2.50 bits per heavy atom. The third-order valence-corrected chi connectivity index (χ3v) is 4.65. The molecule has 4 heteroatoms. The van der Waals surface area contributed by atoms with Crippen molar-refractivity contribution < 1.29 is 14.3 Å². The Bertz CT molecular complexity index is 902. The van der Waals surface area contributed by atoms with Crippen LogP contribution in [0.1, 0.15) is 0 Å². The maximum atomic E-state index is 12.3. The molecule has 0 bridgehead atoms. The van der Waals surface area contributed by atoms with Crippen LogP contribution >= 0.6 is 0 Å². The highest BCUT2D eigenvalue weighted by molar-refractivity contribution is 5.98. The molecule has 0 N–H and O–H groups in total. The number of hydrogen-bond acceptors (Lipinski definition) is 3. The molecule has 1 saturated heterocycles. The van der Waals surface area contributed by atoms with Crippen molar-refractivity contribution >= 4 is 16.7 Å². The molecule has 1 fully saturated rings. The van der Waals surface area contributed by atoms with Crippen molar-refractivity contribution in [3.63, 3.8) is 0 Å². The minimum Gasteiger partial charge on any atom is -0.484 e. The highest BCUT2D eigenvalue weighted by atomic mass is 16.5. The zero-order chi connectivity index (χ0) is 17.8. The molecule has 26 heavy (non-hydrogen) atoms. The molecule has 0 spiro atoms. The molecule has 1 amide bonds. The van der Waals surface area contributed by atoms with Gasteiger partial charge in [0.15, 0.2) is 6.61 Å². The Morgan fingerprint density at radius 1 is 0.962 bits per heavy atom. The summed E-state index contributed by atoms with van der Waals surface area (Å²) in [4.78, 5) is 14.1. The first kappa shape index (κ1) is 16.6. The molecule has 1 heterocycles. The summed E-state index contributed by atoms with van der Waals surface area (Å²) >= 11 is 0. The fraction of sp³-hybridized carbons (Fsp3) is 0.227. The van der Waals surface area contributed by atoms with Crippen LogP contribution in [-0.2, 0) is 9.53 Å². The molecule has 4 nitrogen and oxygen atoms in total. The number of nitrogens with zero attached hydrogens (tertiary/aromatic N) is 1. The highest BCUT2D eigenvalue weighted by Gasteiger charge is 2.17. The lowest BCUT2D eigenvalue weighted by molar-refractivity contribution is -0.137. The zero-order valence-corrected chi connectivity index (χ0v) is 14.6. The van der Waals surface area contributed by atoms with Crippen molar-refractivity contribution in [2.24, 2.45) is 0 Å². The fourth-order valence-electron chi connectivity index (χ4n) is 3.27. The standard InChI is InChI=1S/C22H21NO3/c24-22(23-10-12-25-13-11-23)16-26-19-14-18-8-4-5-9-20(18)21(15-19)17-6-2-1-3-7-17/h1-9,14-15H,10-13,16H2. The van der Waals surface area contributed by atoms with Gasteiger partial charge in [-0.25, -0.2) is 0 Å². The van der Waals surface area contributed by atoms with E-state index in [0.717, 1.165) is 16.5 Å². The summed E-state index contributed by atoms with van der Waals surface area (Å²) in [5, 5.41) is 2.27. The van der Waals surface area contributed by atoms with Crippen LogP contribution in [0.25, 0.3) is 21.9 Å². The van der Waals surface area contributed by atoms with Gasteiger partial charge in [0.05, 0.1) is 13.2 Å². The highest BCUT2D eigenvalue weighted by Crippen LogP contribution is 2.33. The zero-order valence-electron chi connectivity index (χ0n) is 14.6. The van der Waals surface area contributed by atoms with Gasteiger partial charge in [0.2, 0.25) is 0 Å². The van der Waals surface area contributed by atoms with Crippen LogP contribution in [0.4, 0.5) is 0 Å². The Labute approximate surface area is 153 Å². The van der Waals surface area contributed by atoms with Gasteiger partial charge in [-0.3, -0.25) is 4.79 Å².